The first kappa shape index (κ1) is 23.4. The molecule has 1 unspecified atom stereocenters. The number of nitrogens with zero attached hydrogens (tertiary/aromatic N) is 2. The van der Waals surface area contributed by atoms with Gasteiger partial charge in [0.25, 0.3) is 5.78 Å². The number of aromatic hydroxyl groups is 1. The van der Waals surface area contributed by atoms with Gasteiger partial charge >= 0.3 is 5.91 Å². The lowest BCUT2D eigenvalue weighted by atomic mass is 9.94. The highest BCUT2D eigenvalue weighted by atomic mass is 32.1. The Hall–Kier alpha value is -4.37. The van der Waals surface area contributed by atoms with Gasteiger partial charge in [0.1, 0.15) is 23.0 Å². The molecule has 0 bridgehead atoms. The molecule has 5 rings (SSSR count). The van der Waals surface area contributed by atoms with Crippen LogP contribution in [0.25, 0.3) is 16.0 Å². The number of aromatic nitrogens is 1. The number of aliphatic hydroxyl groups is 1. The molecule has 1 amide bonds. The number of aliphatic hydroxyl groups excluding tert-OH is 1. The van der Waals surface area contributed by atoms with E-state index < -0.39 is 17.7 Å². The van der Waals surface area contributed by atoms with Crippen molar-refractivity contribution in [3.05, 3.63) is 82.9 Å². The van der Waals surface area contributed by atoms with Crippen molar-refractivity contribution in [1.82, 2.24) is 4.98 Å². The summed E-state index contributed by atoms with van der Waals surface area (Å²) in [6.07, 6.45) is 0. The van der Waals surface area contributed by atoms with Crippen LogP contribution in [0.15, 0.2) is 66.2 Å². The molecule has 2 heterocycles. The normalized spacial score (nSPS) is 17.1. The van der Waals surface area contributed by atoms with Gasteiger partial charge in [-0.1, -0.05) is 35.1 Å². The van der Waals surface area contributed by atoms with E-state index in [0.717, 1.165) is 10.3 Å². The molecule has 2 N–H and O–H groups in total. The third kappa shape index (κ3) is 3.83. The van der Waals surface area contributed by atoms with Gasteiger partial charge in [0, 0.05) is 0 Å². The molecule has 0 spiro atoms. The highest BCUT2D eigenvalue weighted by Crippen LogP contribution is 2.45. The average Bonchev–Trinajstić information content (AvgIpc) is 3.41. The highest BCUT2D eigenvalue weighted by Gasteiger charge is 2.48. The van der Waals surface area contributed by atoms with Gasteiger partial charge in [-0.3, -0.25) is 14.5 Å². The van der Waals surface area contributed by atoms with E-state index in [4.69, 9.17) is 9.47 Å². The standard InChI is InChI=1S/C27H22N2O6S/c1-14-4-11-20(35-3)18(12-14)24(31)22-23(15-5-7-16(30)8-6-15)29(26(33)25(22)32)27-28-19-10-9-17(34-2)13-21(19)36-27/h4-13,23,30-31H,1-3H3/b24-22+. The van der Waals surface area contributed by atoms with Crippen molar-refractivity contribution in [3.63, 3.8) is 0 Å². The number of hydrogen-bond donors (Lipinski definition) is 2. The number of thiazole rings is 1. The maximum atomic E-state index is 13.4. The Morgan fingerprint density at radius 1 is 1.00 bits per heavy atom. The van der Waals surface area contributed by atoms with E-state index in [1.54, 1.807) is 49.6 Å². The SMILES string of the molecule is COc1ccc2nc(N3C(=O)C(=O)/C(=C(/O)c4cc(C)ccc4OC)C3c3ccc(O)cc3)sc2c1. The van der Waals surface area contributed by atoms with Crippen LogP contribution in [0.3, 0.4) is 0 Å². The predicted octanol–water partition coefficient (Wildman–Crippen LogP) is 4.95. The fourth-order valence-electron chi connectivity index (χ4n) is 4.28. The summed E-state index contributed by atoms with van der Waals surface area (Å²) in [7, 11) is 3.03. The quantitative estimate of drug-likeness (QED) is 0.226. The lowest BCUT2D eigenvalue weighted by molar-refractivity contribution is -0.132. The van der Waals surface area contributed by atoms with Crippen LogP contribution in [0.5, 0.6) is 17.2 Å². The number of fused-ring (bicyclic) bond motifs is 1. The number of benzene rings is 3. The number of amides is 1. The van der Waals surface area contributed by atoms with E-state index >= 15 is 0 Å². The maximum Gasteiger partial charge on any atom is 0.301 e. The van der Waals surface area contributed by atoms with Crippen molar-refractivity contribution in [1.29, 1.82) is 0 Å². The Kier molecular flexibility index (Phi) is 5.85. The van der Waals surface area contributed by atoms with Crippen LogP contribution in [0, 0.1) is 6.92 Å². The van der Waals surface area contributed by atoms with Crippen molar-refractivity contribution < 1.29 is 29.3 Å². The van der Waals surface area contributed by atoms with Crippen LogP contribution in [0.4, 0.5) is 5.13 Å². The minimum Gasteiger partial charge on any atom is -0.508 e. The Labute approximate surface area is 210 Å². The molecule has 182 valence electrons. The van der Waals surface area contributed by atoms with Gasteiger partial charge in [-0.25, -0.2) is 4.98 Å². The number of phenolic OH excluding ortho intramolecular Hbond substituents is 1. The number of methoxy groups -OCH3 is 2. The lowest BCUT2D eigenvalue weighted by Crippen LogP contribution is -2.29. The van der Waals surface area contributed by atoms with Crippen molar-refractivity contribution in [3.8, 4) is 17.2 Å². The van der Waals surface area contributed by atoms with Gasteiger partial charge in [0.2, 0.25) is 0 Å². The largest absolute Gasteiger partial charge is 0.508 e. The lowest BCUT2D eigenvalue weighted by Gasteiger charge is -2.23. The van der Waals surface area contributed by atoms with Crippen molar-refractivity contribution in [2.45, 2.75) is 13.0 Å². The maximum absolute atomic E-state index is 13.4. The summed E-state index contributed by atoms with van der Waals surface area (Å²) in [5.41, 5.74) is 2.21. The van der Waals surface area contributed by atoms with Crippen LogP contribution in [-0.2, 0) is 9.59 Å². The summed E-state index contributed by atoms with van der Waals surface area (Å²) in [6.45, 7) is 1.85. The van der Waals surface area contributed by atoms with Crippen molar-refractivity contribution in [2.75, 3.05) is 19.1 Å². The van der Waals surface area contributed by atoms with Crippen LogP contribution >= 0.6 is 11.3 Å². The van der Waals surface area contributed by atoms with Crippen LogP contribution in [0.1, 0.15) is 22.7 Å². The zero-order valence-corrected chi connectivity index (χ0v) is 20.5. The second-order valence-corrected chi connectivity index (χ2v) is 9.30. The van der Waals surface area contributed by atoms with E-state index in [1.807, 2.05) is 13.0 Å². The average molecular weight is 503 g/mol. The Balaban J connectivity index is 1.74. The van der Waals surface area contributed by atoms with E-state index in [0.29, 0.717) is 33.3 Å². The number of carbonyl (C=O) groups excluding carboxylic acids is 2. The minimum absolute atomic E-state index is 0.0307. The second kappa shape index (κ2) is 9.01. The van der Waals surface area contributed by atoms with Gasteiger partial charge in [-0.15, -0.1) is 0 Å². The number of ketones is 1. The number of phenols is 1. The first-order chi connectivity index (χ1) is 17.3. The van der Waals surface area contributed by atoms with Crippen LogP contribution in [0.2, 0.25) is 0 Å². The molecule has 1 atom stereocenters. The molecule has 1 aliphatic heterocycles. The zero-order chi connectivity index (χ0) is 25.6. The molecule has 0 radical (unpaired) electrons. The van der Waals surface area contributed by atoms with Gasteiger partial charge in [-0.05, 0) is 55.0 Å². The molecule has 9 heteroatoms. The molecule has 1 aliphatic rings. The predicted molar refractivity (Wildman–Crippen MR) is 137 cm³/mol. The summed E-state index contributed by atoms with van der Waals surface area (Å²) in [4.78, 5) is 32.7. The smallest absolute Gasteiger partial charge is 0.301 e. The number of anilines is 1. The molecule has 0 aliphatic carbocycles. The summed E-state index contributed by atoms with van der Waals surface area (Å²) in [6, 6.07) is 15.7. The fourth-order valence-corrected chi connectivity index (χ4v) is 5.30. The summed E-state index contributed by atoms with van der Waals surface area (Å²) < 4.78 is 11.5. The molecular weight excluding hydrogens is 480 g/mol. The van der Waals surface area contributed by atoms with Gasteiger partial charge in [0.05, 0.1) is 41.6 Å². The summed E-state index contributed by atoms with van der Waals surface area (Å²) in [5.74, 6) is -0.971. The molecule has 1 saturated heterocycles. The second-order valence-electron chi connectivity index (χ2n) is 8.29. The first-order valence-electron chi connectivity index (χ1n) is 11.0. The van der Waals surface area contributed by atoms with E-state index in [-0.39, 0.29) is 17.1 Å². The monoisotopic (exact) mass is 502 g/mol. The van der Waals surface area contributed by atoms with E-state index in [1.165, 1.54) is 35.5 Å². The minimum atomic E-state index is -0.974. The zero-order valence-electron chi connectivity index (χ0n) is 19.7. The van der Waals surface area contributed by atoms with Crippen LogP contribution < -0.4 is 14.4 Å². The van der Waals surface area contributed by atoms with Gasteiger partial charge < -0.3 is 19.7 Å². The molecular formula is C27H22N2O6S. The number of Topliss-reactive ketones (excluding diaryl/α,β-unsaturated/α-hetero) is 1. The molecule has 1 fully saturated rings. The summed E-state index contributed by atoms with van der Waals surface area (Å²) in [5, 5.41) is 21.6. The van der Waals surface area contributed by atoms with Crippen molar-refractivity contribution in [2.24, 2.45) is 0 Å². The Bertz CT molecular complexity index is 1540. The van der Waals surface area contributed by atoms with Gasteiger partial charge in [0.15, 0.2) is 5.13 Å². The molecule has 36 heavy (non-hydrogen) atoms. The summed E-state index contributed by atoms with van der Waals surface area (Å²) >= 11 is 1.23. The molecule has 0 saturated carbocycles. The molecule has 4 aromatic rings. The van der Waals surface area contributed by atoms with Crippen molar-refractivity contribution >= 4 is 44.1 Å². The number of aryl methyl sites for hydroxylation is 1. The van der Waals surface area contributed by atoms with E-state index in [2.05, 4.69) is 4.98 Å². The molecule has 8 nitrogen and oxygen atoms in total. The highest BCUT2D eigenvalue weighted by molar-refractivity contribution is 7.22. The number of hydrogen-bond acceptors (Lipinski definition) is 8. The fraction of sp³-hybridized carbons (Fsp3) is 0.148. The van der Waals surface area contributed by atoms with E-state index in [9.17, 15) is 19.8 Å². The number of rotatable bonds is 5. The van der Waals surface area contributed by atoms with Gasteiger partial charge in [-0.2, -0.15) is 0 Å². The molecule has 1 aromatic heterocycles. The number of ether oxygens (including phenoxy) is 2. The van der Waals surface area contributed by atoms with Crippen LogP contribution in [-0.4, -0.2) is 41.1 Å². The Morgan fingerprint density at radius 3 is 2.44 bits per heavy atom. The topological polar surface area (TPSA) is 109 Å². The Morgan fingerprint density at radius 2 is 1.75 bits per heavy atom. The number of carbonyl (C=O) groups is 2. The third-order valence-electron chi connectivity index (χ3n) is 6.05. The third-order valence-corrected chi connectivity index (χ3v) is 7.07. The first-order valence-corrected chi connectivity index (χ1v) is 11.8. The molecule has 3 aromatic carbocycles.